The second kappa shape index (κ2) is 6.97. The predicted molar refractivity (Wildman–Crippen MR) is 104 cm³/mol. The Morgan fingerprint density at radius 1 is 1.23 bits per heavy atom. The largest absolute Gasteiger partial charge is 0.424 e. The smallest absolute Gasteiger partial charge is 0.327 e. The van der Waals surface area contributed by atoms with Gasteiger partial charge < -0.3 is 10.1 Å². The van der Waals surface area contributed by atoms with Crippen LogP contribution in [-0.4, -0.2) is 37.4 Å². The Balaban J connectivity index is 1.55. The lowest BCUT2D eigenvalue weighted by Gasteiger charge is -2.09. The maximum absolute atomic E-state index is 11.9. The van der Waals surface area contributed by atoms with Crippen molar-refractivity contribution in [2.45, 2.75) is 25.3 Å². The number of nitriles is 1. The van der Waals surface area contributed by atoms with E-state index in [2.05, 4.69) is 31.8 Å². The molecule has 3 heterocycles. The Hall–Kier alpha value is -4.26. The van der Waals surface area contributed by atoms with Gasteiger partial charge in [-0.05, 0) is 43.2 Å². The van der Waals surface area contributed by atoms with Gasteiger partial charge in [-0.25, -0.2) is 0 Å². The minimum atomic E-state index is -0.418. The van der Waals surface area contributed by atoms with Crippen molar-refractivity contribution in [3.63, 3.8) is 0 Å². The van der Waals surface area contributed by atoms with Crippen LogP contribution in [0.4, 0.5) is 5.95 Å². The van der Waals surface area contributed by atoms with Crippen LogP contribution in [0.1, 0.15) is 30.4 Å². The summed E-state index contributed by atoms with van der Waals surface area (Å²) in [4.78, 5) is 32.3. The number of nitrogens with zero attached hydrogens (tertiary/aromatic N) is 5. The number of carbonyl (C=O) groups excluding carboxylic acids is 2. The molecule has 2 N–H and O–H groups in total. The Bertz CT molecular complexity index is 1250. The fourth-order valence-corrected chi connectivity index (χ4v) is 3.04. The van der Waals surface area contributed by atoms with Gasteiger partial charge in [-0.15, -0.1) is 0 Å². The molecule has 1 aliphatic carbocycles. The van der Waals surface area contributed by atoms with E-state index in [1.54, 1.807) is 41.1 Å². The number of benzene rings is 1. The van der Waals surface area contributed by atoms with Gasteiger partial charge in [-0.2, -0.15) is 24.8 Å². The number of fused-ring (bicyclic) bond motifs is 1. The van der Waals surface area contributed by atoms with E-state index in [1.807, 2.05) is 0 Å². The molecular formula is C20H15N7O3. The predicted octanol–water partition coefficient (Wildman–Crippen LogP) is 1.79. The summed E-state index contributed by atoms with van der Waals surface area (Å²) in [6.07, 6.45) is 5.26. The topological polar surface area (TPSA) is 134 Å². The first-order valence-electron chi connectivity index (χ1n) is 9.34. The summed E-state index contributed by atoms with van der Waals surface area (Å²) in [7, 11) is 0. The Kier molecular flexibility index (Phi) is 4.14. The van der Waals surface area contributed by atoms with E-state index in [1.165, 1.54) is 0 Å². The van der Waals surface area contributed by atoms with Crippen molar-refractivity contribution in [1.29, 1.82) is 5.26 Å². The van der Waals surface area contributed by atoms with Crippen LogP contribution >= 0.6 is 0 Å². The van der Waals surface area contributed by atoms with Crippen LogP contribution in [0.2, 0.25) is 0 Å². The van der Waals surface area contributed by atoms with Gasteiger partial charge >= 0.3 is 6.01 Å². The lowest BCUT2D eigenvalue weighted by Crippen LogP contribution is -2.19. The molecule has 10 nitrogen and oxygen atoms in total. The van der Waals surface area contributed by atoms with Crippen molar-refractivity contribution in [3.05, 3.63) is 47.2 Å². The highest BCUT2D eigenvalue weighted by Gasteiger charge is 2.26. The molecule has 0 radical (unpaired) electrons. The molecule has 1 saturated heterocycles. The molecule has 0 atom stereocenters. The minimum Gasteiger partial charge on any atom is -0.424 e. The fraction of sp³-hybridized carbons (Fsp3) is 0.200. The normalized spacial score (nSPS) is 17.2. The molecule has 10 heteroatoms. The number of ether oxygens (including phenoxy) is 1. The molecule has 0 spiro atoms. The number of carbonyl (C=O) groups is 2. The zero-order valence-corrected chi connectivity index (χ0v) is 15.6. The highest BCUT2D eigenvalue weighted by molar-refractivity contribution is 6.15. The molecule has 148 valence electrons. The molecule has 30 heavy (non-hydrogen) atoms. The van der Waals surface area contributed by atoms with Crippen molar-refractivity contribution in [2.24, 2.45) is 0 Å². The number of hydrogen-bond acceptors (Lipinski definition) is 8. The van der Waals surface area contributed by atoms with E-state index < -0.39 is 5.91 Å². The van der Waals surface area contributed by atoms with E-state index in [-0.39, 0.29) is 18.3 Å². The third-order valence-electron chi connectivity index (χ3n) is 4.70. The van der Waals surface area contributed by atoms with Crippen molar-refractivity contribution in [1.82, 2.24) is 24.9 Å². The summed E-state index contributed by atoms with van der Waals surface area (Å²) >= 11 is 0. The van der Waals surface area contributed by atoms with Crippen LogP contribution in [-0.2, 0) is 9.59 Å². The van der Waals surface area contributed by atoms with E-state index in [9.17, 15) is 9.59 Å². The van der Waals surface area contributed by atoms with Crippen LogP contribution in [0.25, 0.3) is 11.7 Å². The number of anilines is 1. The van der Waals surface area contributed by atoms with E-state index in [0.717, 1.165) is 12.8 Å². The van der Waals surface area contributed by atoms with Crippen molar-refractivity contribution < 1.29 is 14.3 Å². The number of nitrogens with one attached hydrogen (secondary N) is 2. The summed E-state index contributed by atoms with van der Waals surface area (Å²) < 4.78 is 7.34. The Labute approximate surface area is 170 Å². The number of imide groups is 1. The van der Waals surface area contributed by atoms with Gasteiger partial charge in [0.1, 0.15) is 5.75 Å². The fourth-order valence-electron chi connectivity index (χ4n) is 3.04. The quantitative estimate of drug-likeness (QED) is 0.488. The average Bonchev–Trinajstić information content (AvgIpc) is 3.37. The molecule has 5 rings (SSSR count). The summed E-state index contributed by atoms with van der Waals surface area (Å²) in [6.45, 7) is 0. The maximum Gasteiger partial charge on any atom is 0.327 e. The molecule has 2 fully saturated rings. The molecule has 2 amide bonds. The van der Waals surface area contributed by atoms with Gasteiger partial charge in [0.25, 0.3) is 5.91 Å². The third-order valence-corrected chi connectivity index (χ3v) is 4.70. The van der Waals surface area contributed by atoms with Crippen molar-refractivity contribution >= 4 is 29.5 Å². The number of aromatic nitrogens is 4. The van der Waals surface area contributed by atoms with Gasteiger partial charge in [0.15, 0.2) is 5.65 Å². The lowest BCUT2D eigenvalue weighted by atomic mass is 10.1. The number of amides is 2. The molecule has 2 aromatic heterocycles. The third kappa shape index (κ3) is 3.44. The Morgan fingerprint density at radius 3 is 2.70 bits per heavy atom. The minimum absolute atomic E-state index is 0.0169. The molecule has 1 saturated carbocycles. The summed E-state index contributed by atoms with van der Waals surface area (Å²) in [5, 5.41) is 18.8. The first-order valence-corrected chi connectivity index (χ1v) is 9.34. The highest BCUT2D eigenvalue weighted by atomic mass is 16.5. The van der Waals surface area contributed by atoms with E-state index in [4.69, 9.17) is 10.00 Å². The zero-order chi connectivity index (χ0) is 20.7. The molecule has 0 unspecified atom stereocenters. The van der Waals surface area contributed by atoms with E-state index >= 15 is 0 Å². The standard InChI is InChI=1S/C20H15N7O3/c21-9-11-1-5-15(6-2-11)30-20-25-17-13(7-12-8-16(28)24-18(12)29)10-22-27(17)19(26-20)23-14-3-4-14/h1-2,5-7,10,14H,3-4,8H2,(H,23,25,26)(H,24,28,29)/b12-7+. The number of rotatable bonds is 5. The van der Waals surface area contributed by atoms with Crippen LogP contribution in [0.3, 0.4) is 0 Å². The van der Waals surface area contributed by atoms with Crippen LogP contribution < -0.4 is 15.4 Å². The summed E-state index contributed by atoms with van der Waals surface area (Å²) in [5.74, 6) is 0.204. The van der Waals surface area contributed by atoms with Crippen molar-refractivity contribution in [2.75, 3.05) is 5.32 Å². The van der Waals surface area contributed by atoms with Crippen molar-refractivity contribution in [3.8, 4) is 17.8 Å². The first kappa shape index (κ1) is 17.8. The summed E-state index contributed by atoms with van der Waals surface area (Å²) in [5.41, 5.74) is 1.88. The molecule has 3 aromatic rings. The summed E-state index contributed by atoms with van der Waals surface area (Å²) in [6, 6.07) is 9.07. The lowest BCUT2D eigenvalue weighted by molar-refractivity contribution is -0.124. The number of hydrogen-bond donors (Lipinski definition) is 2. The average molecular weight is 401 g/mol. The maximum atomic E-state index is 11.9. The molecule has 0 bridgehead atoms. The second-order valence-electron chi connectivity index (χ2n) is 7.05. The van der Waals surface area contributed by atoms with Crippen LogP contribution in [0.15, 0.2) is 36.0 Å². The van der Waals surface area contributed by atoms with Gasteiger partial charge in [0, 0.05) is 17.2 Å². The Morgan fingerprint density at radius 2 is 2.03 bits per heavy atom. The molecule has 1 aliphatic heterocycles. The SMILES string of the molecule is N#Cc1ccc(Oc2nc(NC3CC3)n3ncc(/C=C4\CC(=O)NC4=O)c3n2)cc1. The second-order valence-corrected chi connectivity index (χ2v) is 7.05. The monoisotopic (exact) mass is 401 g/mol. The zero-order valence-electron chi connectivity index (χ0n) is 15.6. The highest BCUT2D eigenvalue weighted by Crippen LogP contribution is 2.28. The van der Waals surface area contributed by atoms with Gasteiger partial charge in [-0.1, -0.05) is 0 Å². The van der Waals surface area contributed by atoms with Crippen LogP contribution in [0, 0.1) is 11.3 Å². The van der Waals surface area contributed by atoms with E-state index in [0.29, 0.717) is 40.1 Å². The van der Waals surface area contributed by atoms with Crippen LogP contribution in [0.5, 0.6) is 11.8 Å². The van der Waals surface area contributed by atoms with Gasteiger partial charge in [0.2, 0.25) is 11.9 Å². The van der Waals surface area contributed by atoms with Gasteiger partial charge in [-0.3, -0.25) is 14.9 Å². The molecule has 2 aliphatic rings. The first-order chi connectivity index (χ1) is 14.6. The molecule has 1 aromatic carbocycles. The van der Waals surface area contributed by atoms with Gasteiger partial charge in [0.05, 0.1) is 24.3 Å². The molecular weight excluding hydrogens is 386 g/mol.